The van der Waals surface area contributed by atoms with E-state index in [1.54, 1.807) is 13.8 Å². The molecule has 1 aromatic rings. The van der Waals surface area contributed by atoms with Gasteiger partial charge in [0.05, 0.1) is 11.1 Å². The average Bonchev–Trinajstić information content (AvgIpc) is 2.25. The van der Waals surface area contributed by atoms with Crippen LogP contribution in [-0.2, 0) is 11.0 Å². The summed E-state index contributed by atoms with van der Waals surface area (Å²) in [6.07, 6.45) is -2.66. The predicted octanol–water partition coefficient (Wildman–Crippen LogP) is 2.52. The third kappa shape index (κ3) is 2.92. The Morgan fingerprint density at radius 2 is 1.95 bits per heavy atom. The molecule has 1 aliphatic rings. The number of hydrogen-bond acceptors (Lipinski definition) is 3. The lowest BCUT2D eigenvalue weighted by atomic mass is 9.97. The third-order valence-electron chi connectivity index (χ3n) is 3.53. The summed E-state index contributed by atoms with van der Waals surface area (Å²) < 4.78 is 37.2. The molecule has 1 aromatic heterocycles. The molecule has 110 valence electrons. The Hall–Kier alpha value is -1.63. The summed E-state index contributed by atoms with van der Waals surface area (Å²) >= 11 is 0. The van der Waals surface area contributed by atoms with E-state index < -0.39 is 17.3 Å². The van der Waals surface area contributed by atoms with Crippen LogP contribution < -0.4 is 5.32 Å². The number of pyridine rings is 1. The van der Waals surface area contributed by atoms with Crippen LogP contribution >= 0.6 is 0 Å². The monoisotopic (exact) mass is 287 g/mol. The summed E-state index contributed by atoms with van der Waals surface area (Å²) in [7, 11) is 0. The number of nitrogens with zero attached hydrogens (tertiary/aromatic N) is 2. The van der Waals surface area contributed by atoms with E-state index in [9.17, 15) is 18.0 Å². The molecule has 0 spiro atoms. The van der Waals surface area contributed by atoms with Crippen molar-refractivity contribution in [1.82, 2.24) is 9.88 Å². The van der Waals surface area contributed by atoms with E-state index in [0.717, 1.165) is 31.6 Å². The number of nitrogens with one attached hydrogen (secondary N) is 1. The van der Waals surface area contributed by atoms with Crippen molar-refractivity contribution in [3.8, 4) is 0 Å². The standard InChI is InChI=1S/C13H16F3N3O/c1-12(2,19-6-3-7-19)11(20)18-10-5-4-9(8-17-10)13(14,15)16/h4-5,8H,3,6-7H2,1-2H3,(H,17,18,20). The van der Waals surface area contributed by atoms with Crippen LogP contribution in [0, 0.1) is 0 Å². The highest BCUT2D eigenvalue weighted by Crippen LogP contribution is 2.29. The number of carbonyl (C=O) groups is 1. The number of rotatable bonds is 3. The molecule has 0 aromatic carbocycles. The second-order valence-electron chi connectivity index (χ2n) is 5.28. The van der Waals surface area contributed by atoms with Gasteiger partial charge in [0.25, 0.3) is 0 Å². The molecule has 4 nitrogen and oxygen atoms in total. The van der Waals surface area contributed by atoms with E-state index in [2.05, 4.69) is 10.3 Å². The Balaban J connectivity index is 2.04. The molecule has 2 heterocycles. The lowest BCUT2D eigenvalue weighted by Crippen LogP contribution is -2.58. The minimum Gasteiger partial charge on any atom is -0.309 e. The normalized spacial score (nSPS) is 16.6. The number of likely N-dealkylation sites (tertiary alicyclic amines) is 1. The van der Waals surface area contributed by atoms with Crippen LogP contribution in [-0.4, -0.2) is 34.4 Å². The quantitative estimate of drug-likeness (QED) is 0.929. The molecule has 1 aliphatic heterocycles. The SMILES string of the molecule is CC(C)(C(=O)Nc1ccc(C(F)(F)F)cn1)N1CCC1. The molecule has 7 heteroatoms. The minimum atomic E-state index is -4.42. The van der Waals surface area contributed by atoms with E-state index in [4.69, 9.17) is 0 Å². The van der Waals surface area contributed by atoms with Crippen molar-refractivity contribution in [3.63, 3.8) is 0 Å². The maximum atomic E-state index is 12.4. The van der Waals surface area contributed by atoms with Crippen molar-refractivity contribution < 1.29 is 18.0 Å². The van der Waals surface area contributed by atoms with Crippen molar-refractivity contribution in [2.75, 3.05) is 18.4 Å². The lowest BCUT2D eigenvalue weighted by Gasteiger charge is -2.43. The molecule has 0 atom stereocenters. The van der Waals surface area contributed by atoms with Crippen molar-refractivity contribution in [1.29, 1.82) is 0 Å². The van der Waals surface area contributed by atoms with Gasteiger partial charge in [-0.1, -0.05) is 0 Å². The number of halogens is 3. The molecule has 0 bridgehead atoms. The molecule has 2 rings (SSSR count). The van der Waals surface area contributed by atoms with E-state index in [-0.39, 0.29) is 11.7 Å². The van der Waals surface area contributed by atoms with Gasteiger partial charge in [-0.05, 0) is 32.4 Å². The molecule has 0 radical (unpaired) electrons. The number of amides is 1. The topological polar surface area (TPSA) is 45.2 Å². The molecule has 0 saturated carbocycles. The van der Waals surface area contributed by atoms with Crippen molar-refractivity contribution in [2.45, 2.75) is 32.0 Å². The molecule has 0 unspecified atom stereocenters. The smallest absolute Gasteiger partial charge is 0.309 e. The van der Waals surface area contributed by atoms with Gasteiger partial charge >= 0.3 is 6.18 Å². The number of alkyl halides is 3. The molecule has 0 aliphatic carbocycles. The first kappa shape index (κ1) is 14.8. The highest BCUT2D eigenvalue weighted by Gasteiger charge is 2.38. The van der Waals surface area contributed by atoms with Gasteiger partial charge in [0.15, 0.2) is 0 Å². The molecule has 1 fully saturated rings. The molecule has 1 amide bonds. The Morgan fingerprint density at radius 3 is 2.35 bits per heavy atom. The predicted molar refractivity (Wildman–Crippen MR) is 68.1 cm³/mol. The fourth-order valence-electron chi connectivity index (χ4n) is 1.92. The summed E-state index contributed by atoms with van der Waals surface area (Å²) in [5, 5.41) is 2.55. The van der Waals surface area contributed by atoms with E-state index in [1.165, 1.54) is 0 Å². The maximum absolute atomic E-state index is 12.4. The van der Waals surface area contributed by atoms with Crippen LogP contribution in [0.5, 0.6) is 0 Å². The molecule has 1 N–H and O–H groups in total. The van der Waals surface area contributed by atoms with Crippen molar-refractivity contribution >= 4 is 11.7 Å². The summed E-state index contributed by atoms with van der Waals surface area (Å²) in [6, 6.07) is 2.06. The molecule has 20 heavy (non-hydrogen) atoms. The summed E-state index contributed by atoms with van der Waals surface area (Å²) in [6.45, 7) is 5.26. The Bertz CT molecular complexity index is 493. The van der Waals surface area contributed by atoms with Crippen LogP contribution in [0.25, 0.3) is 0 Å². The van der Waals surface area contributed by atoms with Gasteiger partial charge in [0.2, 0.25) is 5.91 Å². The summed E-state index contributed by atoms with van der Waals surface area (Å²) in [4.78, 5) is 17.8. The minimum absolute atomic E-state index is 0.122. The van der Waals surface area contributed by atoms with Gasteiger partial charge in [0.1, 0.15) is 5.82 Å². The number of anilines is 1. The number of carbonyl (C=O) groups excluding carboxylic acids is 1. The Labute approximate surface area is 115 Å². The van der Waals surface area contributed by atoms with E-state index >= 15 is 0 Å². The average molecular weight is 287 g/mol. The number of hydrogen-bond donors (Lipinski definition) is 1. The summed E-state index contributed by atoms with van der Waals surface area (Å²) in [5.74, 6) is -0.152. The first-order chi connectivity index (χ1) is 9.21. The fourth-order valence-corrected chi connectivity index (χ4v) is 1.92. The summed E-state index contributed by atoms with van der Waals surface area (Å²) in [5.41, 5.74) is -1.53. The van der Waals surface area contributed by atoms with Gasteiger partial charge in [-0.25, -0.2) is 4.98 Å². The largest absolute Gasteiger partial charge is 0.417 e. The highest BCUT2D eigenvalue weighted by molar-refractivity contribution is 5.96. The molecular formula is C13H16F3N3O. The maximum Gasteiger partial charge on any atom is 0.417 e. The Morgan fingerprint density at radius 1 is 1.30 bits per heavy atom. The van der Waals surface area contributed by atoms with E-state index in [1.807, 2.05) is 4.90 Å². The lowest BCUT2D eigenvalue weighted by molar-refractivity contribution is -0.137. The van der Waals surface area contributed by atoms with Crippen LogP contribution in [0.3, 0.4) is 0 Å². The molecule has 1 saturated heterocycles. The second-order valence-corrected chi connectivity index (χ2v) is 5.28. The highest BCUT2D eigenvalue weighted by atomic mass is 19.4. The fraction of sp³-hybridized carbons (Fsp3) is 0.538. The Kier molecular flexibility index (Phi) is 3.73. The number of aromatic nitrogens is 1. The van der Waals surface area contributed by atoms with Crippen LogP contribution in [0.4, 0.5) is 19.0 Å². The molecular weight excluding hydrogens is 271 g/mol. The van der Waals surface area contributed by atoms with Gasteiger partial charge in [-0.15, -0.1) is 0 Å². The van der Waals surface area contributed by atoms with Gasteiger partial charge in [-0.3, -0.25) is 9.69 Å². The van der Waals surface area contributed by atoms with Gasteiger partial charge in [0, 0.05) is 19.3 Å². The van der Waals surface area contributed by atoms with Crippen LogP contribution in [0.1, 0.15) is 25.8 Å². The van der Waals surface area contributed by atoms with Crippen molar-refractivity contribution in [3.05, 3.63) is 23.9 Å². The third-order valence-corrected chi connectivity index (χ3v) is 3.53. The van der Waals surface area contributed by atoms with Gasteiger partial charge < -0.3 is 5.32 Å². The first-order valence-corrected chi connectivity index (χ1v) is 6.31. The zero-order valence-corrected chi connectivity index (χ0v) is 11.3. The van der Waals surface area contributed by atoms with Gasteiger partial charge in [-0.2, -0.15) is 13.2 Å². The van der Waals surface area contributed by atoms with Crippen molar-refractivity contribution in [2.24, 2.45) is 0 Å². The first-order valence-electron chi connectivity index (χ1n) is 6.31. The zero-order chi connectivity index (χ0) is 15.0. The van der Waals surface area contributed by atoms with Crippen LogP contribution in [0.15, 0.2) is 18.3 Å². The van der Waals surface area contributed by atoms with E-state index in [0.29, 0.717) is 6.20 Å². The zero-order valence-electron chi connectivity index (χ0n) is 11.3. The van der Waals surface area contributed by atoms with Crippen LogP contribution in [0.2, 0.25) is 0 Å². The second kappa shape index (κ2) is 5.05.